The topological polar surface area (TPSA) is 30.5 Å². The molecule has 1 aliphatic rings. The average Bonchev–Trinajstić information content (AvgIpc) is 2.93. The highest BCUT2D eigenvalue weighted by molar-refractivity contribution is 6.32. The molecule has 0 saturated carbocycles. The maximum absolute atomic E-state index is 6.22. The summed E-state index contributed by atoms with van der Waals surface area (Å²) in [7, 11) is 1.63. The Kier molecular flexibility index (Phi) is 5.49. The minimum absolute atomic E-state index is 0.214. The van der Waals surface area contributed by atoms with Crippen LogP contribution in [-0.2, 0) is 4.74 Å². The van der Waals surface area contributed by atoms with Gasteiger partial charge in [-0.2, -0.15) is 0 Å². The van der Waals surface area contributed by atoms with Gasteiger partial charge in [-0.15, -0.1) is 0 Å². The van der Waals surface area contributed by atoms with E-state index in [1.54, 1.807) is 7.11 Å². The zero-order valence-corrected chi connectivity index (χ0v) is 12.4. The third kappa shape index (κ3) is 3.62. The predicted octanol–water partition coefficient (Wildman–Crippen LogP) is 3.57. The first-order valence-electron chi connectivity index (χ1n) is 6.94. The van der Waals surface area contributed by atoms with Crippen molar-refractivity contribution < 1.29 is 9.47 Å². The van der Waals surface area contributed by atoms with Gasteiger partial charge in [-0.3, -0.25) is 0 Å². The number of benzene rings is 1. The fourth-order valence-corrected chi connectivity index (χ4v) is 2.77. The fourth-order valence-electron chi connectivity index (χ4n) is 2.51. The summed E-state index contributed by atoms with van der Waals surface area (Å²) >= 11 is 6.22. The molecular formula is C15H22ClNO2. The maximum Gasteiger partial charge on any atom is 0.137 e. The fraction of sp³-hybridized carbons (Fsp3) is 0.600. The Hall–Kier alpha value is -0.770. The quantitative estimate of drug-likeness (QED) is 0.866. The van der Waals surface area contributed by atoms with E-state index >= 15 is 0 Å². The minimum atomic E-state index is 0.214. The number of hydrogen-bond acceptors (Lipinski definition) is 3. The van der Waals surface area contributed by atoms with Crippen molar-refractivity contribution in [3.8, 4) is 5.75 Å². The van der Waals surface area contributed by atoms with Gasteiger partial charge in [-0.25, -0.2) is 0 Å². The van der Waals surface area contributed by atoms with Crippen LogP contribution in [-0.4, -0.2) is 26.4 Å². The Morgan fingerprint density at radius 1 is 1.53 bits per heavy atom. The Morgan fingerprint density at radius 3 is 2.95 bits per heavy atom. The molecule has 1 fully saturated rings. The molecule has 1 saturated heterocycles. The van der Waals surface area contributed by atoms with Gasteiger partial charge in [-0.05, 0) is 43.5 Å². The first kappa shape index (κ1) is 14.6. The molecule has 0 amide bonds. The van der Waals surface area contributed by atoms with E-state index in [1.165, 1.54) is 5.56 Å². The lowest BCUT2D eigenvalue weighted by molar-refractivity contribution is 0.0783. The molecule has 3 nitrogen and oxygen atoms in total. The number of halogens is 1. The summed E-state index contributed by atoms with van der Waals surface area (Å²) in [4.78, 5) is 0. The molecule has 1 heterocycles. The SMILES string of the molecule is CCCNC(c1ccc(OC)c(Cl)c1)C1CCCO1. The van der Waals surface area contributed by atoms with Crippen LogP contribution < -0.4 is 10.1 Å². The molecule has 2 atom stereocenters. The van der Waals surface area contributed by atoms with Crippen LogP contribution in [0.25, 0.3) is 0 Å². The van der Waals surface area contributed by atoms with Crippen LogP contribution in [0.15, 0.2) is 18.2 Å². The van der Waals surface area contributed by atoms with Crippen LogP contribution in [0, 0.1) is 0 Å². The predicted molar refractivity (Wildman–Crippen MR) is 78.0 cm³/mol. The van der Waals surface area contributed by atoms with Crippen molar-refractivity contribution in [2.24, 2.45) is 0 Å². The summed E-state index contributed by atoms with van der Waals surface area (Å²) < 4.78 is 11.0. The Labute approximate surface area is 120 Å². The van der Waals surface area contributed by atoms with Crippen LogP contribution in [0.1, 0.15) is 37.8 Å². The molecule has 0 bridgehead atoms. The summed E-state index contributed by atoms with van der Waals surface area (Å²) in [5.74, 6) is 0.715. The van der Waals surface area contributed by atoms with Crippen molar-refractivity contribution >= 4 is 11.6 Å². The van der Waals surface area contributed by atoms with E-state index < -0.39 is 0 Å². The molecule has 1 aromatic carbocycles. The summed E-state index contributed by atoms with van der Waals surface area (Å²) in [5, 5.41) is 4.22. The third-order valence-corrected chi connectivity index (χ3v) is 3.78. The Bertz CT molecular complexity index is 405. The van der Waals surface area contributed by atoms with Crippen molar-refractivity contribution in [3.05, 3.63) is 28.8 Å². The Morgan fingerprint density at radius 2 is 2.37 bits per heavy atom. The van der Waals surface area contributed by atoms with Gasteiger partial charge in [0.25, 0.3) is 0 Å². The molecule has 1 aromatic rings. The van der Waals surface area contributed by atoms with Gasteiger partial charge in [0, 0.05) is 6.61 Å². The molecule has 0 radical (unpaired) electrons. The molecule has 1 aliphatic heterocycles. The lowest BCUT2D eigenvalue weighted by atomic mass is 9.99. The summed E-state index contributed by atoms with van der Waals surface area (Å²) in [6, 6.07) is 6.19. The van der Waals surface area contributed by atoms with E-state index in [4.69, 9.17) is 21.1 Å². The zero-order valence-electron chi connectivity index (χ0n) is 11.6. The number of methoxy groups -OCH3 is 1. The van der Waals surface area contributed by atoms with Crippen molar-refractivity contribution in [2.45, 2.75) is 38.3 Å². The van der Waals surface area contributed by atoms with Gasteiger partial charge in [0.15, 0.2) is 0 Å². The van der Waals surface area contributed by atoms with Gasteiger partial charge in [-0.1, -0.05) is 24.6 Å². The lowest BCUT2D eigenvalue weighted by Crippen LogP contribution is -2.32. The molecule has 0 aromatic heterocycles. The van der Waals surface area contributed by atoms with Crippen molar-refractivity contribution in [2.75, 3.05) is 20.3 Å². The molecule has 1 N–H and O–H groups in total. The van der Waals surface area contributed by atoms with Crippen LogP contribution in [0.4, 0.5) is 0 Å². The van der Waals surface area contributed by atoms with E-state index in [-0.39, 0.29) is 12.1 Å². The standard InChI is InChI=1S/C15H22ClNO2/c1-3-8-17-15(14-5-4-9-19-14)11-6-7-13(18-2)12(16)10-11/h6-7,10,14-15,17H,3-5,8-9H2,1-2H3. The van der Waals surface area contributed by atoms with E-state index in [0.29, 0.717) is 10.8 Å². The molecule has 0 aliphatic carbocycles. The normalized spacial score (nSPS) is 20.5. The minimum Gasteiger partial charge on any atom is -0.495 e. The van der Waals surface area contributed by atoms with E-state index in [1.807, 2.05) is 12.1 Å². The van der Waals surface area contributed by atoms with Gasteiger partial charge < -0.3 is 14.8 Å². The zero-order chi connectivity index (χ0) is 13.7. The summed E-state index contributed by atoms with van der Waals surface area (Å²) in [6.45, 7) is 4.01. The smallest absolute Gasteiger partial charge is 0.137 e. The van der Waals surface area contributed by atoms with Crippen molar-refractivity contribution in [3.63, 3.8) is 0 Å². The largest absolute Gasteiger partial charge is 0.495 e. The van der Waals surface area contributed by atoms with Crippen LogP contribution in [0.5, 0.6) is 5.75 Å². The van der Waals surface area contributed by atoms with E-state index in [2.05, 4.69) is 18.3 Å². The number of hydrogen-bond donors (Lipinski definition) is 1. The molecule has 0 spiro atoms. The average molecular weight is 284 g/mol. The van der Waals surface area contributed by atoms with Gasteiger partial charge >= 0.3 is 0 Å². The number of nitrogens with one attached hydrogen (secondary N) is 1. The number of ether oxygens (including phenoxy) is 2. The van der Waals surface area contributed by atoms with Crippen LogP contribution in [0.3, 0.4) is 0 Å². The second kappa shape index (κ2) is 7.13. The molecule has 2 rings (SSSR count). The van der Waals surface area contributed by atoms with Gasteiger partial charge in [0.2, 0.25) is 0 Å². The van der Waals surface area contributed by atoms with E-state index in [9.17, 15) is 0 Å². The summed E-state index contributed by atoms with van der Waals surface area (Å²) in [6.07, 6.45) is 3.59. The third-order valence-electron chi connectivity index (χ3n) is 3.49. The maximum atomic E-state index is 6.22. The molecular weight excluding hydrogens is 262 g/mol. The molecule has 19 heavy (non-hydrogen) atoms. The van der Waals surface area contributed by atoms with Gasteiger partial charge in [0.05, 0.1) is 24.3 Å². The monoisotopic (exact) mass is 283 g/mol. The second-order valence-electron chi connectivity index (χ2n) is 4.88. The molecule has 106 valence electrons. The number of rotatable bonds is 6. The van der Waals surface area contributed by atoms with Gasteiger partial charge in [0.1, 0.15) is 5.75 Å². The Balaban J connectivity index is 2.18. The summed E-state index contributed by atoms with van der Waals surface area (Å²) in [5.41, 5.74) is 1.17. The highest BCUT2D eigenvalue weighted by Crippen LogP contribution is 2.32. The molecule has 4 heteroatoms. The van der Waals surface area contributed by atoms with Crippen LogP contribution in [0.2, 0.25) is 5.02 Å². The van der Waals surface area contributed by atoms with Crippen molar-refractivity contribution in [1.82, 2.24) is 5.32 Å². The van der Waals surface area contributed by atoms with E-state index in [0.717, 1.165) is 32.4 Å². The first-order chi connectivity index (χ1) is 9.26. The highest BCUT2D eigenvalue weighted by atomic mass is 35.5. The highest BCUT2D eigenvalue weighted by Gasteiger charge is 2.27. The first-order valence-corrected chi connectivity index (χ1v) is 7.32. The second-order valence-corrected chi connectivity index (χ2v) is 5.28. The van der Waals surface area contributed by atoms with Crippen LogP contribution >= 0.6 is 11.6 Å². The van der Waals surface area contributed by atoms with Crippen molar-refractivity contribution in [1.29, 1.82) is 0 Å². The molecule has 2 unspecified atom stereocenters. The lowest BCUT2D eigenvalue weighted by Gasteiger charge is -2.25.